The first kappa shape index (κ1) is 19.2. The summed E-state index contributed by atoms with van der Waals surface area (Å²) in [5.74, 6) is -0.811. The second-order valence-corrected chi connectivity index (χ2v) is 9.02. The molecule has 0 saturated carbocycles. The van der Waals surface area contributed by atoms with E-state index in [1.54, 1.807) is 16.3 Å². The van der Waals surface area contributed by atoms with Crippen LogP contribution in [-0.2, 0) is 15.7 Å². The zero-order valence-corrected chi connectivity index (χ0v) is 16.0. The molecule has 1 aromatic carbocycles. The van der Waals surface area contributed by atoms with Crippen LogP contribution in [0.3, 0.4) is 0 Å². The van der Waals surface area contributed by atoms with Crippen LogP contribution in [-0.4, -0.2) is 55.1 Å². The third-order valence-electron chi connectivity index (χ3n) is 4.66. The molecule has 2 aromatic rings. The second kappa shape index (κ2) is 7.02. The van der Waals surface area contributed by atoms with E-state index in [0.29, 0.717) is 31.9 Å². The Morgan fingerprint density at radius 2 is 2.00 bits per heavy atom. The maximum Gasteiger partial charge on any atom is 0.346 e. The van der Waals surface area contributed by atoms with Gasteiger partial charge in [0.25, 0.3) is 5.69 Å². The maximum atomic E-state index is 14.7. The molecule has 0 radical (unpaired) electrons. The SMILES string of the molecule is CC(OP(=O)(N1CC1)N1CC1)c1cc(-n2cnc(CO)c2)c([N+](=O)[O-])cc1F. The van der Waals surface area contributed by atoms with E-state index in [4.69, 9.17) is 4.52 Å². The van der Waals surface area contributed by atoms with Gasteiger partial charge in [0.2, 0.25) is 0 Å². The monoisotopic (exact) mass is 411 g/mol. The van der Waals surface area contributed by atoms with E-state index in [-0.39, 0.29) is 17.9 Å². The lowest BCUT2D eigenvalue weighted by molar-refractivity contribution is -0.384. The van der Waals surface area contributed by atoms with Gasteiger partial charge in [-0.3, -0.25) is 23.8 Å². The standard InChI is InChI=1S/C16H19FN5O5P/c1-11(27-28(26,20-2-3-20)21-4-5-21)13-6-15(16(22(24)25)7-14(13)17)19-8-12(9-23)18-10-19/h6-8,10-11,23H,2-5,9H2,1H3. The normalized spacial score (nSPS) is 18.2. The average molecular weight is 411 g/mol. The third-order valence-corrected chi connectivity index (χ3v) is 7.48. The molecular weight excluding hydrogens is 392 g/mol. The zero-order valence-electron chi connectivity index (χ0n) is 15.1. The van der Waals surface area contributed by atoms with Crippen molar-refractivity contribution in [1.29, 1.82) is 0 Å². The highest BCUT2D eigenvalue weighted by atomic mass is 31.2. The topological polar surface area (TPSA) is 114 Å². The van der Waals surface area contributed by atoms with Crippen LogP contribution in [0.25, 0.3) is 5.69 Å². The van der Waals surface area contributed by atoms with Crippen LogP contribution in [0.2, 0.25) is 0 Å². The van der Waals surface area contributed by atoms with E-state index in [9.17, 15) is 24.2 Å². The Morgan fingerprint density at radius 1 is 1.36 bits per heavy atom. The molecule has 4 rings (SSSR count). The van der Waals surface area contributed by atoms with Crippen LogP contribution < -0.4 is 0 Å². The summed E-state index contributed by atoms with van der Waals surface area (Å²) in [7, 11) is -3.19. The molecule has 1 unspecified atom stereocenters. The van der Waals surface area contributed by atoms with Gasteiger partial charge in [-0.1, -0.05) is 0 Å². The van der Waals surface area contributed by atoms with Crippen LogP contribution in [0.4, 0.5) is 10.1 Å². The predicted octanol–water partition coefficient (Wildman–Crippen LogP) is 2.23. The average Bonchev–Trinajstić information content (AvgIpc) is 3.57. The molecule has 0 aliphatic carbocycles. The Morgan fingerprint density at radius 3 is 2.50 bits per heavy atom. The van der Waals surface area contributed by atoms with E-state index in [2.05, 4.69) is 4.98 Å². The fourth-order valence-electron chi connectivity index (χ4n) is 2.98. The summed E-state index contributed by atoms with van der Waals surface area (Å²) in [4.78, 5) is 14.6. The number of imidazole rings is 1. The molecule has 2 aliphatic rings. The molecule has 150 valence electrons. The van der Waals surface area contributed by atoms with Crippen molar-refractivity contribution in [3.8, 4) is 5.69 Å². The van der Waals surface area contributed by atoms with Crippen LogP contribution in [0.15, 0.2) is 24.7 Å². The molecule has 2 saturated heterocycles. The van der Waals surface area contributed by atoms with Gasteiger partial charge >= 0.3 is 7.67 Å². The molecule has 0 amide bonds. The number of halogens is 1. The van der Waals surface area contributed by atoms with E-state index < -0.39 is 30.2 Å². The van der Waals surface area contributed by atoms with Gasteiger partial charge in [-0.25, -0.2) is 18.7 Å². The molecule has 3 heterocycles. The van der Waals surface area contributed by atoms with Crippen molar-refractivity contribution in [2.75, 3.05) is 26.2 Å². The second-order valence-electron chi connectivity index (χ2n) is 6.70. The minimum Gasteiger partial charge on any atom is -0.390 e. The number of hydrogen-bond acceptors (Lipinski definition) is 6. The Labute approximate surface area is 159 Å². The lowest BCUT2D eigenvalue weighted by Crippen LogP contribution is -2.12. The number of nitro benzene ring substituents is 1. The van der Waals surface area contributed by atoms with Gasteiger partial charge in [-0.15, -0.1) is 0 Å². The molecular formula is C16H19FN5O5P. The number of rotatable bonds is 8. The first-order chi connectivity index (χ1) is 13.3. The van der Waals surface area contributed by atoms with Gasteiger partial charge in [0.05, 0.1) is 35.7 Å². The molecule has 1 atom stereocenters. The molecule has 2 fully saturated rings. The summed E-state index contributed by atoms with van der Waals surface area (Å²) < 4.78 is 38.4. The fraction of sp³-hybridized carbons (Fsp3) is 0.438. The first-order valence-corrected chi connectivity index (χ1v) is 10.3. The number of benzene rings is 1. The largest absolute Gasteiger partial charge is 0.390 e. The summed E-state index contributed by atoms with van der Waals surface area (Å²) in [6.45, 7) is 3.88. The molecule has 0 spiro atoms. The minimum absolute atomic E-state index is 0.0590. The Bertz CT molecular complexity index is 958. The summed E-state index contributed by atoms with van der Waals surface area (Å²) in [5, 5.41) is 20.6. The van der Waals surface area contributed by atoms with Crippen LogP contribution in [0.5, 0.6) is 0 Å². The molecule has 2 aliphatic heterocycles. The summed E-state index contributed by atoms with van der Waals surface area (Å²) in [6, 6.07) is 2.12. The molecule has 10 nitrogen and oxygen atoms in total. The van der Waals surface area contributed by atoms with Crippen molar-refractivity contribution in [2.24, 2.45) is 0 Å². The lowest BCUT2D eigenvalue weighted by atomic mass is 10.1. The van der Waals surface area contributed by atoms with Crippen molar-refractivity contribution in [1.82, 2.24) is 18.9 Å². The molecule has 28 heavy (non-hydrogen) atoms. The highest BCUT2D eigenvalue weighted by Crippen LogP contribution is 2.63. The number of aliphatic hydroxyl groups is 1. The maximum absolute atomic E-state index is 14.7. The molecule has 12 heteroatoms. The van der Waals surface area contributed by atoms with Crippen molar-refractivity contribution in [3.05, 3.63) is 51.8 Å². The van der Waals surface area contributed by atoms with Crippen LogP contribution >= 0.6 is 7.67 Å². The van der Waals surface area contributed by atoms with Gasteiger partial charge in [0.1, 0.15) is 11.5 Å². The van der Waals surface area contributed by atoms with Gasteiger partial charge < -0.3 is 5.11 Å². The van der Waals surface area contributed by atoms with Gasteiger partial charge in [0, 0.05) is 37.9 Å². The third kappa shape index (κ3) is 3.47. The predicted molar refractivity (Wildman–Crippen MR) is 96.4 cm³/mol. The van der Waals surface area contributed by atoms with Crippen molar-refractivity contribution in [3.63, 3.8) is 0 Å². The summed E-state index contributed by atoms with van der Waals surface area (Å²) >= 11 is 0. The zero-order chi connectivity index (χ0) is 20.1. The van der Waals surface area contributed by atoms with Gasteiger partial charge in [0.15, 0.2) is 0 Å². The molecule has 1 aromatic heterocycles. The highest BCUT2D eigenvalue weighted by Gasteiger charge is 2.50. The Hall–Kier alpha value is -2.17. The number of nitro groups is 1. The summed E-state index contributed by atoms with van der Waals surface area (Å²) in [6.07, 6.45) is 1.84. The highest BCUT2D eigenvalue weighted by molar-refractivity contribution is 7.54. The lowest BCUT2D eigenvalue weighted by Gasteiger charge is -2.24. The van der Waals surface area contributed by atoms with Crippen LogP contribution in [0.1, 0.15) is 24.3 Å². The van der Waals surface area contributed by atoms with E-state index in [0.717, 1.165) is 6.07 Å². The fourth-order valence-corrected chi connectivity index (χ4v) is 5.32. The number of nitrogens with zero attached hydrogens (tertiary/aromatic N) is 5. The van der Waals surface area contributed by atoms with Crippen LogP contribution in [0, 0.1) is 15.9 Å². The van der Waals surface area contributed by atoms with E-state index in [1.165, 1.54) is 23.2 Å². The van der Waals surface area contributed by atoms with E-state index >= 15 is 0 Å². The van der Waals surface area contributed by atoms with Gasteiger partial charge in [-0.05, 0) is 13.0 Å². The number of hydrogen-bond donors (Lipinski definition) is 1. The van der Waals surface area contributed by atoms with Crippen molar-refractivity contribution >= 4 is 13.4 Å². The smallest absolute Gasteiger partial charge is 0.346 e. The summed E-state index contributed by atoms with van der Waals surface area (Å²) in [5.41, 5.74) is 0.00793. The van der Waals surface area contributed by atoms with E-state index in [1.807, 2.05) is 0 Å². The number of aliphatic hydroxyl groups excluding tert-OH is 1. The molecule has 0 bridgehead atoms. The first-order valence-electron chi connectivity index (χ1n) is 8.74. The quantitative estimate of drug-likeness (QED) is 0.305. The number of aromatic nitrogens is 2. The van der Waals surface area contributed by atoms with Crippen molar-refractivity contribution < 1.29 is 23.5 Å². The Balaban J connectivity index is 1.71. The molecule has 1 N–H and O–H groups in total. The van der Waals surface area contributed by atoms with Crippen molar-refractivity contribution in [2.45, 2.75) is 19.6 Å². The van der Waals surface area contributed by atoms with Gasteiger partial charge in [-0.2, -0.15) is 0 Å². The minimum atomic E-state index is -3.19. The Kier molecular flexibility index (Phi) is 4.80.